The highest BCUT2D eigenvalue weighted by atomic mass is 32.1. The van der Waals surface area contributed by atoms with E-state index in [2.05, 4.69) is 9.97 Å². The van der Waals surface area contributed by atoms with Gasteiger partial charge in [0.2, 0.25) is 0 Å². The highest BCUT2D eigenvalue weighted by Crippen LogP contribution is 2.28. The smallest absolute Gasteiger partial charge is 0.338 e. The van der Waals surface area contributed by atoms with Crippen LogP contribution in [0.2, 0.25) is 0 Å². The molecule has 22 heavy (non-hydrogen) atoms. The molecule has 0 atom stereocenters. The lowest BCUT2D eigenvalue weighted by Crippen LogP contribution is -2.05. The summed E-state index contributed by atoms with van der Waals surface area (Å²) in [6.45, 7) is 1.97. The number of halogens is 1. The van der Waals surface area contributed by atoms with Crippen molar-refractivity contribution >= 4 is 32.8 Å². The zero-order valence-corrected chi connectivity index (χ0v) is 12.5. The van der Waals surface area contributed by atoms with E-state index in [-0.39, 0.29) is 17.7 Å². The minimum atomic E-state index is -0.494. The van der Waals surface area contributed by atoms with E-state index >= 15 is 0 Å². The van der Waals surface area contributed by atoms with E-state index in [1.165, 1.54) is 29.5 Å². The van der Waals surface area contributed by atoms with Gasteiger partial charge in [0.05, 0.1) is 17.9 Å². The number of nitrogen functional groups attached to an aromatic ring is 1. The lowest BCUT2D eigenvalue weighted by Gasteiger charge is -2.06. The molecule has 5 nitrogen and oxygen atoms in total. The Morgan fingerprint density at radius 3 is 2.91 bits per heavy atom. The van der Waals surface area contributed by atoms with E-state index in [4.69, 9.17) is 10.5 Å². The van der Waals surface area contributed by atoms with Crippen LogP contribution in [0.4, 0.5) is 9.52 Å². The van der Waals surface area contributed by atoms with E-state index in [0.717, 1.165) is 0 Å². The Morgan fingerprint density at radius 2 is 2.14 bits per heavy atom. The molecule has 2 aromatic heterocycles. The number of carbonyl (C=O) groups excluding carboxylic acids is 1. The van der Waals surface area contributed by atoms with Gasteiger partial charge in [-0.25, -0.2) is 19.2 Å². The number of aromatic nitrogens is 2. The number of carbonyl (C=O) groups is 1. The number of rotatable bonds is 3. The predicted octanol–water partition coefficient (Wildman–Crippen LogP) is 3.26. The van der Waals surface area contributed by atoms with Crippen LogP contribution in [-0.4, -0.2) is 22.5 Å². The average molecular weight is 317 g/mol. The summed E-state index contributed by atoms with van der Waals surface area (Å²) in [5, 5.41) is 0.403. The molecule has 0 unspecified atom stereocenters. The van der Waals surface area contributed by atoms with Crippen LogP contribution in [0, 0.1) is 5.82 Å². The molecular formula is C15H12FN3O2S. The fourth-order valence-electron chi connectivity index (χ4n) is 2.05. The van der Waals surface area contributed by atoms with Crippen LogP contribution in [0.25, 0.3) is 21.6 Å². The number of hydrogen-bond donors (Lipinski definition) is 1. The maximum atomic E-state index is 14.1. The third-order valence-corrected chi connectivity index (χ3v) is 3.82. The topological polar surface area (TPSA) is 78.1 Å². The average Bonchev–Trinajstić information content (AvgIpc) is 2.87. The van der Waals surface area contributed by atoms with Crippen LogP contribution >= 0.6 is 11.3 Å². The summed E-state index contributed by atoms with van der Waals surface area (Å²) in [5.74, 6) is -0.954. The summed E-state index contributed by atoms with van der Waals surface area (Å²) in [7, 11) is 0. The second-order valence-corrected chi connectivity index (χ2v) is 5.50. The number of benzene rings is 1. The molecule has 0 aliphatic rings. The molecule has 112 valence electrons. The van der Waals surface area contributed by atoms with E-state index in [0.29, 0.717) is 21.2 Å². The van der Waals surface area contributed by atoms with Crippen molar-refractivity contribution in [2.75, 3.05) is 12.3 Å². The van der Waals surface area contributed by atoms with E-state index < -0.39 is 11.8 Å². The fourth-order valence-corrected chi connectivity index (χ4v) is 2.75. The number of esters is 1. The van der Waals surface area contributed by atoms with Gasteiger partial charge in [-0.3, -0.25) is 0 Å². The second-order valence-electron chi connectivity index (χ2n) is 4.49. The van der Waals surface area contributed by atoms with Crippen molar-refractivity contribution in [3.8, 4) is 11.3 Å². The van der Waals surface area contributed by atoms with Gasteiger partial charge in [0, 0.05) is 5.56 Å². The van der Waals surface area contributed by atoms with Crippen LogP contribution in [-0.2, 0) is 4.74 Å². The third-order valence-electron chi connectivity index (χ3n) is 3.03. The SMILES string of the molecule is CCOC(=O)c1ccc(F)c(-c2ccc3nc(N)sc3n2)c1. The first-order valence-electron chi connectivity index (χ1n) is 6.58. The van der Waals surface area contributed by atoms with Crippen LogP contribution in [0.5, 0.6) is 0 Å². The van der Waals surface area contributed by atoms with Gasteiger partial charge in [0.25, 0.3) is 0 Å². The second kappa shape index (κ2) is 5.69. The Hall–Kier alpha value is -2.54. The van der Waals surface area contributed by atoms with Crippen LogP contribution < -0.4 is 5.73 Å². The van der Waals surface area contributed by atoms with E-state index in [9.17, 15) is 9.18 Å². The van der Waals surface area contributed by atoms with Crippen LogP contribution in [0.3, 0.4) is 0 Å². The highest BCUT2D eigenvalue weighted by Gasteiger charge is 2.14. The number of nitrogens with zero attached hydrogens (tertiary/aromatic N) is 2. The summed E-state index contributed by atoms with van der Waals surface area (Å²) >= 11 is 1.23. The van der Waals surface area contributed by atoms with E-state index in [1.807, 2.05) is 0 Å². The van der Waals surface area contributed by atoms with E-state index in [1.54, 1.807) is 19.1 Å². The molecule has 2 N–H and O–H groups in total. The quantitative estimate of drug-likeness (QED) is 0.750. The molecule has 0 saturated heterocycles. The molecule has 2 heterocycles. The van der Waals surface area contributed by atoms with Crippen molar-refractivity contribution in [3.05, 3.63) is 41.7 Å². The van der Waals surface area contributed by atoms with Crippen molar-refractivity contribution in [2.45, 2.75) is 6.92 Å². The molecular weight excluding hydrogens is 305 g/mol. The molecule has 3 aromatic rings. The molecule has 0 aliphatic heterocycles. The van der Waals surface area contributed by atoms with Gasteiger partial charge in [-0.15, -0.1) is 0 Å². The van der Waals surface area contributed by atoms with Gasteiger partial charge in [0.1, 0.15) is 16.2 Å². The van der Waals surface area contributed by atoms with Gasteiger partial charge in [-0.1, -0.05) is 11.3 Å². The number of hydrogen-bond acceptors (Lipinski definition) is 6. The number of ether oxygens (including phenoxy) is 1. The van der Waals surface area contributed by atoms with Crippen molar-refractivity contribution < 1.29 is 13.9 Å². The monoisotopic (exact) mass is 317 g/mol. The number of pyridine rings is 1. The Kier molecular flexibility index (Phi) is 3.72. The van der Waals surface area contributed by atoms with Gasteiger partial charge >= 0.3 is 5.97 Å². The maximum absolute atomic E-state index is 14.1. The van der Waals surface area contributed by atoms with Crippen molar-refractivity contribution in [1.82, 2.24) is 9.97 Å². The standard InChI is InChI=1S/C15H12FN3O2S/c1-2-21-14(20)8-3-4-10(16)9(7-8)11-5-6-12-13(18-11)22-15(17)19-12/h3-7H,2H2,1H3,(H2,17,19). The molecule has 0 aliphatic carbocycles. The van der Waals surface area contributed by atoms with Crippen molar-refractivity contribution in [1.29, 1.82) is 0 Å². The fraction of sp³-hybridized carbons (Fsp3) is 0.133. The van der Waals surface area contributed by atoms with Gasteiger partial charge in [-0.05, 0) is 37.3 Å². The van der Waals surface area contributed by atoms with Gasteiger partial charge < -0.3 is 10.5 Å². The summed E-state index contributed by atoms with van der Waals surface area (Å²) in [5.41, 5.74) is 7.23. The first-order chi connectivity index (χ1) is 10.6. The zero-order chi connectivity index (χ0) is 15.7. The van der Waals surface area contributed by atoms with Crippen LogP contribution in [0.15, 0.2) is 30.3 Å². The normalized spacial score (nSPS) is 10.8. The highest BCUT2D eigenvalue weighted by molar-refractivity contribution is 7.21. The minimum Gasteiger partial charge on any atom is -0.462 e. The molecule has 7 heteroatoms. The number of anilines is 1. The Labute approximate surface area is 129 Å². The lowest BCUT2D eigenvalue weighted by atomic mass is 10.1. The molecule has 0 spiro atoms. The lowest BCUT2D eigenvalue weighted by molar-refractivity contribution is 0.0526. The summed E-state index contributed by atoms with van der Waals surface area (Å²) in [6.07, 6.45) is 0. The Bertz CT molecular complexity index is 863. The molecule has 0 fully saturated rings. The summed E-state index contributed by atoms with van der Waals surface area (Å²) in [4.78, 5) is 20.9. The molecule has 0 amide bonds. The first-order valence-corrected chi connectivity index (χ1v) is 7.40. The van der Waals surface area contributed by atoms with Crippen molar-refractivity contribution in [3.63, 3.8) is 0 Å². The molecule has 0 bridgehead atoms. The predicted molar refractivity (Wildman–Crippen MR) is 83.2 cm³/mol. The zero-order valence-electron chi connectivity index (χ0n) is 11.7. The Balaban J connectivity index is 2.08. The third kappa shape index (κ3) is 2.62. The maximum Gasteiger partial charge on any atom is 0.338 e. The molecule has 3 rings (SSSR count). The number of nitrogens with two attached hydrogens (primary N) is 1. The number of fused-ring (bicyclic) bond motifs is 1. The molecule has 0 radical (unpaired) electrons. The van der Waals surface area contributed by atoms with Gasteiger partial charge in [-0.2, -0.15) is 0 Å². The first kappa shape index (κ1) is 14.4. The van der Waals surface area contributed by atoms with Gasteiger partial charge in [0.15, 0.2) is 5.13 Å². The largest absolute Gasteiger partial charge is 0.462 e. The summed E-state index contributed by atoms with van der Waals surface area (Å²) < 4.78 is 19.0. The minimum absolute atomic E-state index is 0.236. The Morgan fingerprint density at radius 1 is 1.32 bits per heavy atom. The number of thiazole rings is 1. The molecule has 1 aromatic carbocycles. The summed E-state index contributed by atoms with van der Waals surface area (Å²) in [6, 6.07) is 7.43. The van der Waals surface area contributed by atoms with Crippen molar-refractivity contribution in [2.24, 2.45) is 0 Å². The molecule has 0 saturated carbocycles. The van der Waals surface area contributed by atoms with Crippen LogP contribution in [0.1, 0.15) is 17.3 Å².